The second kappa shape index (κ2) is 8.49. The molecule has 5 heteroatoms. The standard InChI is InChI=1S/C13H20N2O3/c1-17-9-2-3-13(16)15-11-4-6-12(7-5-11)18-10-8-14/h4-7H,2-3,8-10,14H2,1H3,(H,15,16). The van der Waals surface area contributed by atoms with Crippen LogP contribution in [-0.4, -0.2) is 32.8 Å². The van der Waals surface area contributed by atoms with E-state index < -0.39 is 0 Å². The second-order valence-corrected chi connectivity index (χ2v) is 3.81. The summed E-state index contributed by atoms with van der Waals surface area (Å²) < 4.78 is 10.2. The molecule has 0 aromatic heterocycles. The monoisotopic (exact) mass is 252 g/mol. The molecule has 1 amide bonds. The molecular weight excluding hydrogens is 232 g/mol. The average molecular weight is 252 g/mol. The van der Waals surface area contributed by atoms with Crippen LogP contribution in [0.2, 0.25) is 0 Å². The van der Waals surface area contributed by atoms with Gasteiger partial charge in [0.05, 0.1) is 0 Å². The Morgan fingerprint density at radius 1 is 1.28 bits per heavy atom. The molecule has 0 saturated carbocycles. The van der Waals surface area contributed by atoms with Crippen molar-refractivity contribution in [3.05, 3.63) is 24.3 Å². The number of ether oxygens (including phenoxy) is 2. The van der Waals surface area contributed by atoms with Crippen LogP contribution in [0, 0.1) is 0 Å². The molecule has 0 bridgehead atoms. The molecule has 1 aromatic carbocycles. The molecule has 1 aromatic rings. The molecule has 0 saturated heterocycles. The summed E-state index contributed by atoms with van der Waals surface area (Å²) in [7, 11) is 1.62. The van der Waals surface area contributed by atoms with E-state index in [0.29, 0.717) is 26.2 Å². The zero-order chi connectivity index (χ0) is 13.2. The predicted octanol–water partition coefficient (Wildman–Crippen LogP) is 1.39. The highest BCUT2D eigenvalue weighted by Gasteiger charge is 2.02. The van der Waals surface area contributed by atoms with Gasteiger partial charge in [-0.3, -0.25) is 4.79 Å². The summed E-state index contributed by atoms with van der Waals surface area (Å²) in [5.41, 5.74) is 6.10. The molecule has 0 heterocycles. The SMILES string of the molecule is COCCCC(=O)Nc1ccc(OCCN)cc1. The molecule has 0 spiro atoms. The van der Waals surface area contributed by atoms with Crippen molar-refractivity contribution in [3.63, 3.8) is 0 Å². The molecule has 0 aliphatic carbocycles. The topological polar surface area (TPSA) is 73.6 Å². The van der Waals surface area contributed by atoms with Crippen molar-refractivity contribution in [3.8, 4) is 5.75 Å². The molecule has 18 heavy (non-hydrogen) atoms. The molecule has 1 rings (SSSR count). The Balaban J connectivity index is 2.35. The van der Waals surface area contributed by atoms with Crippen molar-refractivity contribution >= 4 is 11.6 Å². The number of nitrogens with two attached hydrogens (primary N) is 1. The number of methoxy groups -OCH3 is 1. The van der Waals surface area contributed by atoms with E-state index in [-0.39, 0.29) is 5.91 Å². The van der Waals surface area contributed by atoms with E-state index in [1.54, 1.807) is 31.4 Å². The van der Waals surface area contributed by atoms with E-state index in [2.05, 4.69) is 5.32 Å². The van der Waals surface area contributed by atoms with Crippen LogP contribution in [0.4, 0.5) is 5.69 Å². The molecule has 3 N–H and O–H groups in total. The van der Waals surface area contributed by atoms with Gasteiger partial charge in [0, 0.05) is 32.4 Å². The van der Waals surface area contributed by atoms with Crippen molar-refractivity contribution in [1.82, 2.24) is 0 Å². The third kappa shape index (κ3) is 5.65. The van der Waals surface area contributed by atoms with Gasteiger partial charge in [-0.1, -0.05) is 0 Å². The minimum atomic E-state index is -0.0114. The van der Waals surface area contributed by atoms with Crippen molar-refractivity contribution in [1.29, 1.82) is 0 Å². The van der Waals surface area contributed by atoms with Gasteiger partial charge >= 0.3 is 0 Å². The molecule has 5 nitrogen and oxygen atoms in total. The van der Waals surface area contributed by atoms with Crippen LogP contribution in [0.1, 0.15) is 12.8 Å². The van der Waals surface area contributed by atoms with Crippen molar-refractivity contribution in [2.24, 2.45) is 5.73 Å². The summed E-state index contributed by atoms with van der Waals surface area (Å²) in [5, 5.41) is 2.81. The predicted molar refractivity (Wildman–Crippen MR) is 70.7 cm³/mol. The summed E-state index contributed by atoms with van der Waals surface area (Å²) in [5.74, 6) is 0.737. The van der Waals surface area contributed by atoms with Gasteiger partial charge in [-0.2, -0.15) is 0 Å². The Labute approximate surface area is 107 Å². The Hall–Kier alpha value is -1.59. The molecule has 100 valence electrons. The lowest BCUT2D eigenvalue weighted by Crippen LogP contribution is -2.12. The number of carbonyl (C=O) groups is 1. The van der Waals surface area contributed by atoms with Crippen LogP contribution >= 0.6 is 0 Å². The third-order valence-corrected chi connectivity index (χ3v) is 2.28. The highest BCUT2D eigenvalue weighted by atomic mass is 16.5. The Morgan fingerprint density at radius 3 is 2.61 bits per heavy atom. The summed E-state index contributed by atoms with van der Waals surface area (Å²) in [6, 6.07) is 7.22. The smallest absolute Gasteiger partial charge is 0.224 e. The maximum Gasteiger partial charge on any atom is 0.224 e. The van der Waals surface area contributed by atoms with Crippen LogP contribution in [0.15, 0.2) is 24.3 Å². The van der Waals surface area contributed by atoms with Gasteiger partial charge in [-0.15, -0.1) is 0 Å². The summed E-state index contributed by atoms with van der Waals surface area (Å²) in [4.78, 5) is 11.5. The van der Waals surface area contributed by atoms with Crippen LogP contribution in [0.25, 0.3) is 0 Å². The number of nitrogens with one attached hydrogen (secondary N) is 1. The molecule has 0 unspecified atom stereocenters. The molecule has 0 aliphatic rings. The Kier molecular flexibility index (Phi) is 6.83. The molecule has 0 radical (unpaired) electrons. The number of hydrogen-bond donors (Lipinski definition) is 2. The van der Waals surface area contributed by atoms with Crippen molar-refractivity contribution in [2.45, 2.75) is 12.8 Å². The fraction of sp³-hybridized carbons (Fsp3) is 0.462. The first-order chi connectivity index (χ1) is 8.76. The molecule has 0 atom stereocenters. The molecule has 0 fully saturated rings. The highest BCUT2D eigenvalue weighted by molar-refractivity contribution is 5.90. The minimum absolute atomic E-state index is 0.0114. The fourth-order valence-corrected chi connectivity index (χ4v) is 1.41. The maximum absolute atomic E-state index is 11.5. The number of anilines is 1. The maximum atomic E-state index is 11.5. The first-order valence-corrected chi connectivity index (χ1v) is 5.98. The number of rotatable bonds is 8. The lowest BCUT2D eigenvalue weighted by molar-refractivity contribution is -0.116. The quantitative estimate of drug-likeness (QED) is 0.686. The van der Waals surface area contributed by atoms with Gasteiger partial charge in [-0.25, -0.2) is 0 Å². The van der Waals surface area contributed by atoms with Gasteiger partial charge in [-0.05, 0) is 30.7 Å². The number of carbonyl (C=O) groups excluding carboxylic acids is 1. The zero-order valence-electron chi connectivity index (χ0n) is 10.6. The normalized spacial score (nSPS) is 10.1. The Bertz CT molecular complexity index is 352. The second-order valence-electron chi connectivity index (χ2n) is 3.81. The lowest BCUT2D eigenvalue weighted by atomic mass is 10.2. The van der Waals surface area contributed by atoms with Gasteiger partial charge in [0.15, 0.2) is 0 Å². The molecule has 0 aliphatic heterocycles. The van der Waals surface area contributed by atoms with Gasteiger partial charge in [0.25, 0.3) is 0 Å². The van der Waals surface area contributed by atoms with Crippen LogP contribution in [0.5, 0.6) is 5.75 Å². The van der Waals surface area contributed by atoms with Crippen LogP contribution in [-0.2, 0) is 9.53 Å². The third-order valence-electron chi connectivity index (χ3n) is 2.28. The van der Waals surface area contributed by atoms with E-state index in [1.165, 1.54) is 0 Å². The summed E-state index contributed by atoms with van der Waals surface area (Å²) in [6.45, 7) is 1.57. The fourth-order valence-electron chi connectivity index (χ4n) is 1.41. The first-order valence-electron chi connectivity index (χ1n) is 5.98. The first kappa shape index (κ1) is 14.5. The minimum Gasteiger partial charge on any atom is -0.492 e. The summed E-state index contributed by atoms with van der Waals surface area (Å²) >= 11 is 0. The number of amides is 1. The largest absolute Gasteiger partial charge is 0.492 e. The molecular formula is C13H20N2O3. The van der Waals surface area contributed by atoms with E-state index in [0.717, 1.165) is 17.9 Å². The summed E-state index contributed by atoms with van der Waals surface area (Å²) in [6.07, 6.45) is 1.18. The van der Waals surface area contributed by atoms with Gasteiger partial charge < -0.3 is 20.5 Å². The Morgan fingerprint density at radius 2 is 2.00 bits per heavy atom. The van der Waals surface area contributed by atoms with Crippen LogP contribution < -0.4 is 15.8 Å². The van der Waals surface area contributed by atoms with Crippen molar-refractivity contribution < 1.29 is 14.3 Å². The van der Waals surface area contributed by atoms with Crippen molar-refractivity contribution in [2.75, 3.05) is 32.2 Å². The van der Waals surface area contributed by atoms with E-state index in [4.69, 9.17) is 15.2 Å². The van der Waals surface area contributed by atoms with Gasteiger partial charge in [0.2, 0.25) is 5.91 Å². The van der Waals surface area contributed by atoms with Gasteiger partial charge in [0.1, 0.15) is 12.4 Å². The van der Waals surface area contributed by atoms with Crippen LogP contribution in [0.3, 0.4) is 0 Å². The van der Waals surface area contributed by atoms with E-state index >= 15 is 0 Å². The number of benzene rings is 1. The van der Waals surface area contributed by atoms with E-state index in [9.17, 15) is 4.79 Å². The zero-order valence-corrected chi connectivity index (χ0v) is 10.6. The average Bonchev–Trinajstić information content (AvgIpc) is 2.38. The highest BCUT2D eigenvalue weighted by Crippen LogP contribution is 2.15. The number of hydrogen-bond acceptors (Lipinski definition) is 4. The van der Waals surface area contributed by atoms with E-state index in [1.807, 2.05) is 0 Å². The lowest BCUT2D eigenvalue weighted by Gasteiger charge is -2.07.